The first kappa shape index (κ1) is 35.3. The van der Waals surface area contributed by atoms with Gasteiger partial charge in [-0.05, 0) is 72.6 Å². The molecular formula is C43H45IrN2O2-. The van der Waals surface area contributed by atoms with Crippen molar-refractivity contribution >= 4 is 33.7 Å². The molecule has 1 N–H and O–H groups in total. The maximum atomic E-state index is 11.7. The minimum Gasteiger partial charge on any atom is -0.512 e. The SMILES string of the molecule is CC1(C)c2cc[c-]c3c2-c2c(cccc21)N(c1ccccc1)c1cc2ccccc2nc1-3.CCC(CC)C(=O)/C=C(\O)C(CC)CC.[Ir]. The molecule has 1 aliphatic heterocycles. The van der Waals surface area contributed by atoms with Gasteiger partial charge in [0.15, 0.2) is 5.78 Å². The summed E-state index contributed by atoms with van der Waals surface area (Å²) < 4.78 is 0. The van der Waals surface area contributed by atoms with Crippen LogP contribution in [0, 0.1) is 17.9 Å². The first-order chi connectivity index (χ1) is 22.7. The van der Waals surface area contributed by atoms with Gasteiger partial charge in [-0.25, -0.2) is 0 Å². The second-order valence-electron chi connectivity index (χ2n) is 13.2. The molecule has 4 aromatic carbocycles. The molecule has 249 valence electrons. The van der Waals surface area contributed by atoms with Gasteiger partial charge in [0.25, 0.3) is 0 Å². The fraction of sp³-hybridized carbons (Fsp3) is 0.302. The second kappa shape index (κ2) is 14.6. The van der Waals surface area contributed by atoms with E-state index in [1.165, 1.54) is 34.0 Å². The van der Waals surface area contributed by atoms with E-state index in [0.29, 0.717) is 0 Å². The molecule has 0 atom stereocenters. The van der Waals surface area contributed by atoms with E-state index in [0.717, 1.165) is 59.2 Å². The number of para-hydroxylation sites is 2. The Labute approximate surface area is 299 Å². The Morgan fingerprint density at radius 1 is 0.812 bits per heavy atom. The summed E-state index contributed by atoms with van der Waals surface area (Å²) in [7, 11) is 0. The van der Waals surface area contributed by atoms with Crippen molar-refractivity contribution in [3.8, 4) is 22.4 Å². The Balaban J connectivity index is 0.000000243. The Kier molecular flexibility index (Phi) is 10.7. The third-order valence-corrected chi connectivity index (χ3v) is 10.2. The predicted octanol–water partition coefficient (Wildman–Crippen LogP) is 11.7. The van der Waals surface area contributed by atoms with Crippen LogP contribution in [0.1, 0.15) is 78.4 Å². The number of benzene rings is 4. The zero-order valence-electron chi connectivity index (χ0n) is 28.8. The van der Waals surface area contributed by atoms with E-state index in [2.05, 4.69) is 116 Å². The molecule has 0 saturated carbocycles. The number of allylic oxidation sites excluding steroid dienone is 2. The molecule has 7 rings (SSSR count). The third-order valence-electron chi connectivity index (χ3n) is 10.2. The van der Waals surface area contributed by atoms with Crippen molar-refractivity contribution in [3.63, 3.8) is 0 Å². The van der Waals surface area contributed by atoms with Gasteiger partial charge in [0.2, 0.25) is 0 Å². The molecular weight excluding hydrogens is 769 g/mol. The van der Waals surface area contributed by atoms with Crippen LogP contribution >= 0.6 is 0 Å². The number of hydrogen-bond donors (Lipinski definition) is 1. The van der Waals surface area contributed by atoms with Gasteiger partial charge in [0, 0.05) is 66.2 Å². The van der Waals surface area contributed by atoms with Crippen molar-refractivity contribution in [2.45, 2.75) is 72.6 Å². The van der Waals surface area contributed by atoms with E-state index in [1.54, 1.807) is 0 Å². The van der Waals surface area contributed by atoms with E-state index in [4.69, 9.17) is 4.98 Å². The van der Waals surface area contributed by atoms with Crippen molar-refractivity contribution in [2.75, 3.05) is 4.90 Å². The molecule has 1 aromatic heterocycles. The number of pyridine rings is 1. The summed E-state index contributed by atoms with van der Waals surface area (Å²) in [6.07, 6.45) is 4.91. The molecule has 0 bridgehead atoms. The van der Waals surface area contributed by atoms with Gasteiger partial charge in [-0.1, -0.05) is 95.6 Å². The van der Waals surface area contributed by atoms with Gasteiger partial charge in [-0.15, -0.1) is 29.3 Å². The molecule has 5 aromatic rings. The monoisotopic (exact) mass is 814 g/mol. The van der Waals surface area contributed by atoms with Crippen LogP contribution in [0.5, 0.6) is 0 Å². The number of carbonyl (C=O) groups excluding carboxylic acids is 1. The summed E-state index contributed by atoms with van der Waals surface area (Å²) >= 11 is 0. The van der Waals surface area contributed by atoms with E-state index in [1.807, 2.05) is 27.7 Å². The molecule has 2 heterocycles. The molecule has 1 radical (unpaired) electrons. The first-order valence-corrected chi connectivity index (χ1v) is 17.1. The quantitative estimate of drug-likeness (QED) is 0.0945. The molecule has 5 heteroatoms. The van der Waals surface area contributed by atoms with Gasteiger partial charge in [-0.3, -0.25) is 9.78 Å². The maximum absolute atomic E-state index is 11.7. The molecule has 48 heavy (non-hydrogen) atoms. The average Bonchev–Trinajstić information content (AvgIpc) is 3.25. The van der Waals surface area contributed by atoms with Crippen LogP contribution in [0.15, 0.2) is 103 Å². The minimum atomic E-state index is -0.0682. The standard InChI is InChI=1S/C30H21N2.C13H24O2.Ir/c1-30(2)22-14-8-13-21-27(22)28-23(30)15-9-17-25(28)32(20-11-4-3-5-12-20)26-18-19-10-6-7-16-24(19)31-29(21)26;1-5-10(6-2)12(14)9-13(15)11(7-3)8-4;/h3-12,14-18H,1-2H3;9-11,14H,5-8H2,1-4H3;/q-1;;/b;12-9-;. The Hall–Kier alpha value is -4.05. The number of hydrogen-bond acceptors (Lipinski definition) is 4. The van der Waals surface area contributed by atoms with E-state index in [9.17, 15) is 9.90 Å². The summed E-state index contributed by atoms with van der Waals surface area (Å²) in [5.41, 5.74) is 11.8. The number of ketones is 1. The van der Waals surface area contributed by atoms with Gasteiger partial charge in [-0.2, -0.15) is 0 Å². The summed E-state index contributed by atoms with van der Waals surface area (Å²) in [6, 6.07) is 35.9. The smallest absolute Gasteiger partial charge is 0.162 e. The van der Waals surface area contributed by atoms with Crippen LogP contribution in [0.2, 0.25) is 0 Å². The maximum Gasteiger partial charge on any atom is 0.162 e. The second-order valence-corrected chi connectivity index (χ2v) is 13.2. The molecule has 1 aliphatic carbocycles. The summed E-state index contributed by atoms with van der Waals surface area (Å²) in [5.74, 6) is 0.547. The van der Waals surface area contributed by atoms with Crippen LogP contribution < -0.4 is 4.90 Å². The molecule has 0 unspecified atom stereocenters. The van der Waals surface area contributed by atoms with Crippen molar-refractivity contribution < 1.29 is 30.0 Å². The third kappa shape index (κ3) is 6.15. The fourth-order valence-electron chi connectivity index (χ4n) is 7.34. The first-order valence-electron chi connectivity index (χ1n) is 17.1. The molecule has 0 amide bonds. The number of anilines is 3. The van der Waals surface area contributed by atoms with Gasteiger partial charge >= 0.3 is 0 Å². The summed E-state index contributed by atoms with van der Waals surface area (Å²) in [4.78, 5) is 19.3. The number of nitrogens with zero attached hydrogens (tertiary/aromatic N) is 2. The van der Waals surface area contributed by atoms with Crippen molar-refractivity contribution in [2.24, 2.45) is 11.8 Å². The average molecular weight is 814 g/mol. The van der Waals surface area contributed by atoms with Gasteiger partial charge in [0.05, 0.1) is 11.3 Å². The topological polar surface area (TPSA) is 53.4 Å². The van der Waals surface area contributed by atoms with Crippen molar-refractivity contribution in [1.29, 1.82) is 0 Å². The number of aliphatic hydroxyl groups excluding tert-OH is 1. The van der Waals surface area contributed by atoms with Gasteiger partial charge < -0.3 is 10.0 Å². The van der Waals surface area contributed by atoms with Crippen molar-refractivity contribution in [3.05, 3.63) is 120 Å². The van der Waals surface area contributed by atoms with Crippen LogP contribution in [0.3, 0.4) is 0 Å². The molecule has 0 saturated heterocycles. The van der Waals surface area contributed by atoms with E-state index < -0.39 is 0 Å². The predicted molar refractivity (Wildman–Crippen MR) is 196 cm³/mol. The van der Waals surface area contributed by atoms with Crippen LogP contribution in [0.4, 0.5) is 17.1 Å². The number of aliphatic hydroxyl groups is 1. The summed E-state index contributed by atoms with van der Waals surface area (Å²) in [6.45, 7) is 12.7. The number of carbonyl (C=O) groups is 1. The minimum absolute atomic E-state index is 0. The Morgan fingerprint density at radius 2 is 1.46 bits per heavy atom. The largest absolute Gasteiger partial charge is 0.512 e. The van der Waals surface area contributed by atoms with Crippen LogP contribution in [0.25, 0.3) is 33.3 Å². The number of fused-ring (bicyclic) bond motifs is 3. The summed E-state index contributed by atoms with van der Waals surface area (Å²) in [5, 5.41) is 10.9. The molecule has 2 aliphatic rings. The molecule has 0 fully saturated rings. The van der Waals surface area contributed by atoms with E-state index >= 15 is 0 Å². The van der Waals surface area contributed by atoms with Crippen LogP contribution in [-0.4, -0.2) is 15.9 Å². The molecule has 0 spiro atoms. The Morgan fingerprint density at radius 3 is 2.15 bits per heavy atom. The fourth-order valence-corrected chi connectivity index (χ4v) is 7.34. The zero-order chi connectivity index (χ0) is 33.3. The van der Waals surface area contributed by atoms with Crippen molar-refractivity contribution in [1.82, 2.24) is 4.98 Å². The zero-order valence-corrected chi connectivity index (χ0v) is 31.2. The van der Waals surface area contributed by atoms with E-state index in [-0.39, 0.29) is 48.9 Å². The number of aromatic nitrogens is 1. The Bertz CT molecular complexity index is 1960. The normalized spacial score (nSPS) is 13.8. The van der Waals surface area contributed by atoms with Gasteiger partial charge in [0.1, 0.15) is 0 Å². The van der Waals surface area contributed by atoms with Crippen LogP contribution in [-0.2, 0) is 30.3 Å². The number of rotatable bonds is 8. The molecule has 4 nitrogen and oxygen atoms in total.